The number of nitrogens with zero attached hydrogens (tertiary/aromatic N) is 3. The van der Waals surface area contributed by atoms with Crippen molar-refractivity contribution in [3.63, 3.8) is 0 Å². The highest BCUT2D eigenvalue weighted by atomic mass is 35.5. The molecule has 7 heteroatoms. The lowest BCUT2D eigenvalue weighted by molar-refractivity contribution is 0.0938. The first kappa shape index (κ1) is 11.5. The van der Waals surface area contributed by atoms with Gasteiger partial charge in [-0.2, -0.15) is 5.10 Å². The number of hydrogen-bond donors (Lipinski definition) is 2. The molecule has 0 fully saturated rings. The zero-order valence-electron chi connectivity index (χ0n) is 9.01. The van der Waals surface area contributed by atoms with E-state index in [9.17, 15) is 4.79 Å². The van der Waals surface area contributed by atoms with E-state index in [1.807, 2.05) is 0 Å². The highest BCUT2D eigenvalue weighted by Crippen LogP contribution is 2.13. The van der Waals surface area contributed by atoms with Gasteiger partial charge in [0.2, 0.25) is 0 Å². The third-order valence-electron chi connectivity index (χ3n) is 2.20. The molecule has 2 N–H and O–H groups in total. The number of carbonyl (C=O) groups excluding carboxylic acids is 1. The van der Waals surface area contributed by atoms with Crippen molar-refractivity contribution in [3.05, 3.63) is 41.2 Å². The maximum Gasteiger partial charge on any atom is 0.254 e. The summed E-state index contributed by atoms with van der Waals surface area (Å²) >= 11 is 5.82. The van der Waals surface area contributed by atoms with Crippen LogP contribution in [0.1, 0.15) is 29.1 Å². The van der Waals surface area contributed by atoms with E-state index in [4.69, 9.17) is 11.6 Å². The highest BCUT2D eigenvalue weighted by Gasteiger charge is 2.15. The Bertz CT molecular complexity index is 513. The second kappa shape index (κ2) is 4.92. The maximum absolute atomic E-state index is 11.9. The number of amides is 1. The molecule has 1 atom stereocenters. The molecule has 88 valence electrons. The van der Waals surface area contributed by atoms with Crippen LogP contribution in [0.2, 0.25) is 5.15 Å². The minimum absolute atomic E-state index is 0.176. The molecule has 2 rings (SSSR count). The Hall–Kier alpha value is -1.95. The average molecular weight is 252 g/mol. The normalized spacial score (nSPS) is 12.1. The molecule has 6 nitrogen and oxygen atoms in total. The van der Waals surface area contributed by atoms with Crippen LogP contribution in [0.25, 0.3) is 0 Å². The van der Waals surface area contributed by atoms with Gasteiger partial charge in [0.05, 0.1) is 11.6 Å². The molecule has 0 spiro atoms. The summed E-state index contributed by atoms with van der Waals surface area (Å²) in [5.74, 6) is 0.283. The fourth-order valence-electron chi connectivity index (χ4n) is 1.32. The van der Waals surface area contributed by atoms with E-state index in [0.29, 0.717) is 11.4 Å². The largest absolute Gasteiger partial charge is 0.342 e. The van der Waals surface area contributed by atoms with Gasteiger partial charge in [-0.05, 0) is 19.1 Å². The standard InChI is InChI=1S/C10H10ClN5O/c1-6(9-13-5-14-16-9)15-10(17)7-3-2-4-12-8(7)11/h2-6H,1H3,(H,15,17)(H,13,14,16). The molecule has 2 heterocycles. The topological polar surface area (TPSA) is 83.6 Å². The number of halogens is 1. The second-order valence-electron chi connectivity index (χ2n) is 3.41. The molecule has 0 bridgehead atoms. The SMILES string of the molecule is CC(NC(=O)c1cccnc1Cl)c1ncn[nH]1. The number of nitrogens with one attached hydrogen (secondary N) is 2. The van der Waals surface area contributed by atoms with Crippen LogP contribution in [0.4, 0.5) is 0 Å². The Morgan fingerprint density at radius 3 is 3.00 bits per heavy atom. The summed E-state index contributed by atoms with van der Waals surface area (Å²) in [6.07, 6.45) is 2.91. The Morgan fingerprint density at radius 2 is 2.35 bits per heavy atom. The summed E-state index contributed by atoms with van der Waals surface area (Å²) in [6.45, 7) is 1.79. The molecule has 0 aromatic carbocycles. The minimum Gasteiger partial charge on any atom is -0.342 e. The van der Waals surface area contributed by atoms with Crippen LogP contribution < -0.4 is 5.32 Å². The zero-order chi connectivity index (χ0) is 12.3. The van der Waals surface area contributed by atoms with Gasteiger partial charge >= 0.3 is 0 Å². The quantitative estimate of drug-likeness (QED) is 0.807. The van der Waals surface area contributed by atoms with Gasteiger partial charge in [0.1, 0.15) is 17.3 Å². The molecule has 17 heavy (non-hydrogen) atoms. The Kier molecular flexibility index (Phi) is 3.34. The molecular formula is C10H10ClN5O. The lowest BCUT2D eigenvalue weighted by Gasteiger charge is -2.11. The lowest BCUT2D eigenvalue weighted by Crippen LogP contribution is -2.27. The average Bonchev–Trinajstić information content (AvgIpc) is 2.82. The van der Waals surface area contributed by atoms with Gasteiger partial charge in [-0.25, -0.2) is 9.97 Å². The molecule has 2 aromatic rings. The van der Waals surface area contributed by atoms with Crippen LogP contribution in [0.3, 0.4) is 0 Å². The molecular weight excluding hydrogens is 242 g/mol. The summed E-state index contributed by atoms with van der Waals surface area (Å²) in [5.41, 5.74) is 0.334. The molecule has 2 aromatic heterocycles. The van der Waals surface area contributed by atoms with E-state index >= 15 is 0 Å². The summed E-state index contributed by atoms with van der Waals surface area (Å²) in [6, 6.07) is 2.98. The molecule has 1 unspecified atom stereocenters. The first-order valence-electron chi connectivity index (χ1n) is 4.95. The highest BCUT2D eigenvalue weighted by molar-refractivity contribution is 6.32. The Labute approximate surface area is 102 Å². The molecule has 0 saturated carbocycles. The van der Waals surface area contributed by atoms with Gasteiger partial charge in [0, 0.05) is 6.20 Å². The molecule has 0 aliphatic rings. The van der Waals surface area contributed by atoms with Crippen molar-refractivity contribution < 1.29 is 4.79 Å². The van der Waals surface area contributed by atoms with Gasteiger partial charge in [0.15, 0.2) is 0 Å². The van der Waals surface area contributed by atoms with Crippen molar-refractivity contribution in [3.8, 4) is 0 Å². The van der Waals surface area contributed by atoms with Crippen LogP contribution in [-0.2, 0) is 0 Å². The Morgan fingerprint density at radius 1 is 1.53 bits per heavy atom. The van der Waals surface area contributed by atoms with Crippen LogP contribution in [0.15, 0.2) is 24.7 Å². The van der Waals surface area contributed by atoms with Crippen molar-refractivity contribution in [2.75, 3.05) is 0 Å². The molecule has 1 amide bonds. The van der Waals surface area contributed by atoms with E-state index < -0.39 is 0 Å². The van der Waals surface area contributed by atoms with Crippen molar-refractivity contribution in [1.82, 2.24) is 25.5 Å². The van der Waals surface area contributed by atoms with Gasteiger partial charge in [0.25, 0.3) is 5.91 Å². The van der Waals surface area contributed by atoms with E-state index in [-0.39, 0.29) is 17.1 Å². The van der Waals surface area contributed by atoms with E-state index in [1.165, 1.54) is 12.5 Å². The van der Waals surface area contributed by atoms with Crippen molar-refractivity contribution in [2.24, 2.45) is 0 Å². The third kappa shape index (κ3) is 2.59. The number of rotatable bonds is 3. The molecule has 0 aliphatic heterocycles. The number of aromatic nitrogens is 4. The molecule has 0 saturated heterocycles. The monoisotopic (exact) mass is 251 g/mol. The van der Waals surface area contributed by atoms with Crippen LogP contribution in [0, 0.1) is 0 Å². The fourth-order valence-corrected chi connectivity index (χ4v) is 1.53. The van der Waals surface area contributed by atoms with E-state index in [0.717, 1.165) is 0 Å². The first-order valence-corrected chi connectivity index (χ1v) is 5.33. The van der Waals surface area contributed by atoms with Crippen LogP contribution in [-0.4, -0.2) is 26.1 Å². The summed E-state index contributed by atoms with van der Waals surface area (Å²) in [4.78, 5) is 19.7. The fraction of sp³-hybridized carbons (Fsp3) is 0.200. The minimum atomic E-state index is -0.299. The smallest absolute Gasteiger partial charge is 0.254 e. The van der Waals surface area contributed by atoms with Crippen LogP contribution in [0.5, 0.6) is 0 Å². The van der Waals surface area contributed by atoms with Gasteiger partial charge in [-0.15, -0.1) is 0 Å². The van der Waals surface area contributed by atoms with Gasteiger partial charge < -0.3 is 5.32 Å². The predicted molar refractivity (Wildman–Crippen MR) is 61.5 cm³/mol. The van der Waals surface area contributed by atoms with Gasteiger partial charge in [-0.3, -0.25) is 9.89 Å². The number of aromatic amines is 1. The van der Waals surface area contributed by atoms with Crippen molar-refractivity contribution in [2.45, 2.75) is 13.0 Å². The number of carbonyl (C=O) groups is 1. The van der Waals surface area contributed by atoms with Gasteiger partial charge in [-0.1, -0.05) is 11.6 Å². The number of pyridine rings is 1. The van der Waals surface area contributed by atoms with Crippen molar-refractivity contribution in [1.29, 1.82) is 0 Å². The van der Waals surface area contributed by atoms with Crippen molar-refractivity contribution >= 4 is 17.5 Å². The summed E-state index contributed by atoms with van der Waals surface area (Å²) in [7, 11) is 0. The lowest BCUT2D eigenvalue weighted by atomic mass is 10.2. The summed E-state index contributed by atoms with van der Waals surface area (Å²) < 4.78 is 0. The zero-order valence-corrected chi connectivity index (χ0v) is 9.77. The number of hydrogen-bond acceptors (Lipinski definition) is 4. The summed E-state index contributed by atoms with van der Waals surface area (Å²) in [5, 5.41) is 9.32. The Balaban J connectivity index is 2.10. The molecule has 0 aliphatic carbocycles. The maximum atomic E-state index is 11.9. The predicted octanol–water partition coefficient (Wildman–Crippen LogP) is 1.34. The molecule has 0 radical (unpaired) electrons. The van der Waals surface area contributed by atoms with Crippen LogP contribution >= 0.6 is 11.6 Å². The second-order valence-corrected chi connectivity index (χ2v) is 3.77. The van der Waals surface area contributed by atoms with E-state index in [1.54, 1.807) is 19.1 Å². The third-order valence-corrected chi connectivity index (χ3v) is 2.50. The first-order chi connectivity index (χ1) is 8.18. The van der Waals surface area contributed by atoms with E-state index in [2.05, 4.69) is 25.5 Å². The number of H-pyrrole nitrogens is 1.